The van der Waals surface area contributed by atoms with Crippen LogP contribution in [-0.2, 0) is 7.05 Å². The van der Waals surface area contributed by atoms with E-state index in [1.165, 1.54) is 11.3 Å². The second-order valence-electron chi connectivity index (χ2n) is 4.28. The molecule has 0 atom stereocenters. The van der Waals surface area contributed by atoms with Crippen LogP contribution in [0.4, 0.5) is 8.78 Å². The van der Waals surface area contributed by atoms with E-state index in [-0.39, 0.29) is 12.4 Å². The molecule has 2 aromatic heterocycles. The molecule has 1 amide bonds. The molecule has 3 N–H and O–H groups in total. The van der Waals surface area contributed by atoms with Crippen LogP contribution in [0, 0.1) is 6.92 Å². The van der Waals surface area contributed by atoms with Crippen molar-refractivity contribution in [2.75, 3.05) is 13.1 Å². The number of rotatable bonds is 4. The van der Waals surface area contributed by atoms with Gasteiger partial charge in [-0.1, -0.05) is 0 Å². The zero-order valence-corrected chi connectivity index (χ0v) is 12.6. The number of hydrogen-bond donors (Lipinski definition) is 2. The topological polar surface area (TPSA) is 72.9 Å². The Morgan fingerprint density at radius 3 is 2.80 bits per heavy atom. The number of thiophene rings is 1. The van der Waals surface area contributed by atoms with Crippen molar-refractivity contribution in [3.63, 3.8) is 0 Å². The van der Waals surface area contributed by atoms with Crippen molar-refractivity contribution in [2.24, 2.45) is 12.8 Å². The molecular weight excluding hydrogens is 310 g/mol. The van der Waals surface area contributed by atoms with E-state index >= 15 is 0 Å². The van der Waals surface area contributed by atoms with E-state index in [1.54, 1.807) is 17.8 Å². The van der Waals surface area contributed by atoms with Gasteiger partial charge in [-0.3, -0.25) is 9.48 Å². The highest BCUT2D eigenvalue weighted by Crippen LogP contribution is 2.27. The van der Waals surface area contributed by atoms with Crippen LogP contribution in [0.25, 0.3) is 10.2 Å². The van der Waals surface area contributed by atoms with Gasteiger partial charge in [0.05, 0.1) is 23.7 Å². The molecule has 2 heterocycles. The minimum Gasteiger partial charge on any atom is -0.345 e. The van der Waals surface area contributed by atoms with Crippen LogP contribution in [0.5, 0.6) is 0 Å². The number of nitrogens with two attached hydrogens (primary N) is 1. The van der Waals surface area contributed by atoms with Gasteiger partial charge in [-0.2, -0.15) is 5.10 Å². The molecule has 0 fully saturated rings. The Morgan fingerprint density at radius 2 is 2.25 bits per heavy atom. The summed E-state index contributed by atoms with van der Waals surface area (Å²) in [7, 11) is 1.77. The SMILES string of the molecule is Cc1nn(C)c2sc(C(=O)NCC(F)(F)CN)cc12.Cl. The van der Waals surface area contributed by atoms with Crippen molar-refractivity contribution in [1.29, 1.82) is 0 Å². The standard InChI is InChI=1S/C11H14F2N4OS.ClH/c1-6-7-3-8(19-10(7)17(2)16-6)9(18)15-5-11(12,13)4-14;/h3H,4-5,14H2,1-2H3,(H,15,18);1H. The molecule has 0 aromatic carbocycles. The third-order valence-corrected chi connectivity index (χ3v) is 3.93. The predicted molar refractivity (Wildman–Crippen MR) is 76.9 cm³/mol. The summed E-state index contributed by atoms with van der Waals surface area (Å²) in [6, 6.07) is 1.66. The van der Waals surface area contributed by atoms with Gasteiger partial charge < -0.3 is 11.1 Å². The summed E-state index contributed by atoms with van der Waals surface area (Å²) in [4.78, 5) is 13.0. The van der Waals surface area contributed by atoms with Crippen LogP contribution in [0.3, 0.4) is 0 Å². The van der Waals surface area contributed by atoms with Crippen LogP contribution in [0.15, 0.2) is 6.07 Å². The molecule has 112 valence electrons. The van der Waals surface area contributed by atoms with Gasteiger partial charge in [0.2, 0.25) is 0 Å². The number of amides is 1. The van der Waals surface area contributed by atoms with E-state index in [0.29, 0.717) is 4.88 Å². The largest absolute Gasteiger partial charge is 0.345 e. The molecule has 9 heteroatoms. The fourth-order valence-electron chi connectivity index (χ4n) is 1.69. The van der Waals surface area contributed by atoms with E-state index < -0.39 is 24.9 Å². The monoisotopic (exact) mass is 324 g/mol. The van der Waals surface area contributed by atoms with E-state index in [1.807, 2.05) is 6.92 Å². The van der Waals surface area contributed by atoms with Crippen LogP contribution < -0.4 is 11.1 Å². The van der Waals surface area contributed by atoms with E-state index in [9.17, 15) is 13.6 Å². The molecule has 2 aromatic rings. The van der Waals surface area contributed by atoms with Crippen molar-refractivity contribution in [1.82, 2.24) is 15.1 Å². The van der Waals surface area contributed by atoms with Crippen molar-refractivity contribution in [3.05, 3.63) is 16.6 Å². The van der Waals surface area contributed by atoms with Crippen LogP contribution >= 0.6 is 23.7 Å². The zero-order chi connectivity index (χ0) is 14.2. The molecule has 0 aliphatic heterocycles. The molecule has 0 bridgehead atoms. The van der Waals surface area contributed by atoms with Crippen LogP contribution in [0.1, 0.15) is 15.4 Å². The molecule has 0 saturated carbocycles. The first-order valence-corrected chi connectivity index (χ1v) is 6.45. The van der Waals surface area contributed by atoms with Crippen LogP contribution in [-0.4, -0.2) is 34.7 Å². The highest BCUT2D eigenvalue weighted by atomic mass is 35.5. The number of nitrogens with one attached hydrogen (secondary N) is 1. The van der Waals surface area contributed by atoms with Gasteiger partial charge >= 0.3 is 0 Å². The Hall–Kier alpha value is -1.25. The Balaban J connectivity index is 0.00000200. The number of aromatic nitrogens is 2. The Bertz CT molecular complexity index is 591. The minimum absolute atomic E-state index is 0. The highest BCUT2D eigenvalue weighted by molar-refractivity contribution is 7.20. The summed E-state index contributed by atoms with van der Waals surface area (Å²) in [5, 5.41) is 7.26. The summed E-state index contributed by atoms with van der Waals surface area (Å²) in [6.07, 6.45) is 0. The Kier molecular flexibility index (Phi) is 5.06. The summed E-state index contributed by atoms with van der Waals surface area (Å²) >= 11 is 1.22. The normalized spacial score (nSPS) is 11.4. The first-order chi connectivity index (χ1) is 8.84. The second kappa shape index (κ2) is 6.02. The molecule has 5 nitrogen and oxygen atoms in total. The molecular formula is C11H15ClF2N4OS. The Labute approximate surface area is 124 Å². The molecule has 20 heavy (non-hydrogen) atoms. The van der Waals surface area contributed by atoms with Crippen molar-refractivity contribution in [2.45, 2.75) is 12.8 Å². The summed E-state index contributed by atoms with van der Waals surface area (Å²) in [5.74, 6) is -3.60. The first-order valence-electron chi connectivity index (χ1n) is 5.63. The number of alkyl halides is 2. The number of aryl methyl sites for hydroxylation is 2. The fraction of sp³-hybridized carbons (Fsp3) is 0.455. The van der Waals surface area contributed by atoms with E-state index in [0.717, 1.165) is 15.9 Å². The fourth-order valence-corrected chi connectivity index (χ4v) is 2.73. The minimum atomic E-state index is -3.08. The molecule has 0 aliphatic rings. The number of halogens is 3. The Morgan fingerprint density at radius 1 is 1.60 bits per heavy atom. The maximum Gasteiger partial charge on any atom is 0.277 e. The average Bonchev–Trinajstić information content (AvgIpc) is 2.90. The van der Waals surface area contributed by atoms with Gasteiger partial charge in [-0.25, -0.2) is 8.78 Å². The highest BCUT2D eigenvalue weighted by Gasteiger charge is 2.27. The number of hydrogen-bond acceptors (Lipinski definition) is 4. The maximum atomic E-state index is 13.0. The lowest BCUT2D eigenvalue weighted by molar-refractivity contribution is 0.0119. The van der Waals surface area contributed by atoms with Crippen molar-refractivity contribution >= 4 is 39.9 Å². The average molecular weight is 325 g/mol. The van der Waals surface area contributed by atoms with Crippen molar-refractivity contribution in [3.8, 4) is 0 Å². The summed E-state index contributed by atoms with van der Waals surface area (Å²) in [6.45, 7) is 0.288. The van der Waals surface area contributed by atoms with Crippen molar-refractivity contribution < 1.29 is 13.6 Å². The zero-order valence-electron chi connectivity index (χ0n) is 10.9. The molecule has 0 aliphatic carbocycles. The third kappa shape index (κ3) is 3.25. The van der Waals surface area contributed by atoms with Gasteiger partial charge in [0.25, 0.3) is 11.8 Å². The summed E-state index contributed by atoms with van der Waals surface area (Å²) in [5.41, 5.74) is 5.71. The van der Waals surface area contributed by atoms with Gasteiger partial charge in [0.15, 0.2) is 0 Å². The first kappa shape index (κ1) is 16.8. The lowest BCUT2D eigenvalue weighted by Crippen LogP contribution is -2.41. The maximum absolute atomic E-state index is 13.0. The number of nitrogens with zero attached hydrogens (tertiary/aromatic N) is 2. The lowest BCUT2D eigenvalue weighted by Gasteiger charge is -2.13. The molecule has 0 saturated heterocycles. The summed E-state index contributed by atoms with van der Waals surface area (Å²) < 4.78 is 27.6. The van der Waals surface area contributed by atoms with E-state index in [4.69, 9.17) is 5.73 Å². The van der Waals surface area contributed by atoms with E-state index in [2.05, 4.69) is 10.4 Å². The number of fused-ring (bicyclic) bond motifs is 1. The smallest absolute Gasteiger partial charge is 0.277 e. The van der Waals surface area contributed by atoms with Gasteiger partial charge in [0.1, 0.15) is 4.83 Å². The second-order valence-corrected chi connectivity index (χ2v) is 5.31. The van der Waals surface area contributed by atoms with Gasteiger partial charge in [-0.15, -0.1) is 23.7 Å². The quantitative estimate of drug-likeness (QED) is 0.899. The molecule has 0 unspecified atom stereocenters. The number of carbonyl (C=O) groups excluding carboxylic acids is 1. The van der Waals surface area contributed by atoms with Crippen LogP contribution in [0.2, 0.25) is 0 Å². The third-order valence-electron chi connectivity index (χ3n) is 2.73. The predicted octanol–water partition coefficient (Wildman–Crippen LogP) is 1.69. The van der Waals surface area contributed by atoms with Gasteiger partial charge in [0, 0.05) is 12.4 Å². The molecule has 2 rings (SSSR count). The molecule has 0 radical (unpaired) electrons. The van der Waals surface area contributed by atoms with Gasteiger partial charge in [-0.05, 0) is 13.0 Å². The number of carbonyl (C=O) groups is 1. The molecule has 0 spiro atoms. The lowest BCUT2D eigenvalue weighted by atomic mass is 10.3.